The van der Waals surface area contributed by atoms with E-state index < -0.39 is 8.32 Å². The van der Waals surface area contributed by atoms with Crippen LogP contribution in [0.2, 0.25) is 16.6 Å². The minimum Gasteiger partial charge on any atom is -0.493 e. The van der Waals surface area contributed by atoms with Gasteiger partial charge in [0.15, 0.2) is 23.0 Å². The summed E-state index contributed by atoms with van der Waals surface area (Å²) in [5.41, 5.74) is 3.57. The second kappa shape index (κ2) is 14.6. The third kappa shape index (κ3) is 6.95. The first-order valence-electron chi connectivity index (χ1n) is 14.9. The molecule has 0 unspecified atom stereocenters. The Morgan fingerprint density at radius 3 is 1.85 bits per heavy atom. The Morgan fingerprint density at radius 1 is 0.805 bits per heavy atom. The number of benzene rings is 2. The van der Waals surface area contributed by atoms with E-state index in [0.717, 1.165) is 24.0 Å². The Labute approximate surface area is 249 Å². The highest BCUT2D eigenvalue weighted by molar-refractivity contribution is 6.77. The third-order valence-electron chi connectivity index (χ3n) is 8.93. The summed E-state index contributed by atoms with van der Waals surface area (Å²) in [7, 11) is 4.45. The zero-order valence-corrected chi connectivity index (χ0v) is 27.9. The highest BCUT2D eigenvalue weighted by Gasteiger charge is 2.49. The molecule has 7 heteroatoms. The van der Waals surface area contributed by atoms with Crippen LogP contribution in [0, 0.1) is 11.8 Å². The normalized spacial score (nSPS) is 20.3. The molecule has 0 amide bonds. The van der Waals surface area contributed by atoms with Crippen molar-refractivity contribution >= 4 is 8.32 Å². The molecule has 4 atom stereocenters. The number of methoxy groups -OCH3 is 4. The van der Waals surface area contributed by atoms with Crippen molar-refractivity contribution in [3.05, 3.63) is 60.2 Å². The molecule has 0 N–H and O–H groups in total. The predicted octanol–water partition coefficient (Wildman–Crippen LogP) is 8.92. The Bertz CT molecular complexity index is 1110. The predicted molar refractivity (Wildman–Crippen MR) is 169 cm³/mol. The Kier molecular flexibility index (Phi) is 11.8. The molecule has 2 aromatic carbocycles. The zero-order chi connectivity index (χ0) is 30.3. The summed E-state index contributed by atoms with van der Waals surface area (Å²) in [6.07, 6.45) is 3.59. The van der Waals surface area contributed by atoms with Crippen LogP contribution in [0.5, 0.6) is 23.0 Å². The highest BCUT2D eigenvalue weighted by Crippen LogP contribution is 2.51. The van der Waals surface area contributed by atoms with Crippen LogP contribution in [-0.2, 0) is 9.16 Å². The first-order valence-corrected chi connectivity index (χ1v) is 17.1. The molecule has 0 aliphatic carbocycles. The lowest BCUT2D eigenvalue weighted by molar-refractivity contribution is -0.0879. The molecule has 3 rings (SSSR count). The minimum absolute atomic E-state index is 0.0718. The molecule has 0 aromatic heterocycles. The van der Waals surface area contributed by atoms with Gasteiger partial charge < -0.3 is 28.1 Å². The van der Waals surface area contributed by atoms with Gasteiger partial charge in [0, 0.05) is 5.92 Å². The molecule has 2 aromatic rings. The maximum Gasteiger partial charge on any atom is 0.201 e. The van der Waals surface area contributed by atoms with E-state index in [2.05, 4.69) is 66.3 Å². The summed E-state index contributed by atoms with van der Waals surface area (Å²) in [4.78, 5) is 0. The van der Waals surface area contributed by atoms with Gasteiger partial charge in [-0.15, -0.1) is 6.58 Å². The third-order valence-corrected chi connectivity index (χ3v) is 15.0. The number of ether oxygens (including phenoxy) is 5. The zero-order valence-electron chi connectivity index (χ0n) is 26.9. The lowest BCUT2D eigenvalue weighted by Gasteiger charge is -2.48. The van der Waals surface area contributed by atoms with Crippen molar-refractivity contribution in [3.8, 4) is 23.0 Å². The molecule has 6 nitrogen and oxygen atoms in total. The van der Waals surface area contributed by atoms with Crippen LogP contribution in [-0.4, -0.2) is 43.4 Å². The van der Waals surface area contributed by atoms with Gasteiger partial charge in [-0.2, -0.15) is 0 Å². The first-order chi connectivity index (χ1) is 19.6. The summed E-state index contributed by atoms with van der Waals surface area (Å²) in [6.45, 7) is 18.7. The standard InChI is InChI=1S/C34H52O6Si/c1-12-13-25-18-28(21-39-33(25)26-14-16-29(35-8)31(19-26)37-10)34(27-15-17-30(36-9)32(20-27)38-11)40-41(22(2)3,23(4)5)24(6)7/h12,14-17,19-20,22-25,28,33-34H,1,13,18,21H2,2-11H3/t25-,28+,33+,34-/m1/s1. The highest BCUT2D eigenvalue weighted by atomic mass is 28.4. The molecule has 1 heterocycles. The van der Waals surface area contributed by atoms with Crippen molar-refractivity contribution in [1.29, 1.82) is 0 Å². The molecular weight excluding hydrogens is 532 g/mol. The lowest BCUT2D eigenvalue weighted by Crippen LogP contribution is -2.50. The summed E-state index contributed by atoms with van der Waals surface area (Å²) >= 11 is 0. The molecule has 0 saturated carbocycles. The molecule has 0 bridgehead atoms. The van der Waals surface area contributed by atoms with Crippen LogP contribution in [0.1, 0.15) is 77.7 Å². The number of rotatable bonds is 14. The summed E-state index contributed by atoms with van der Waals surface area (Å²) < 4.78 is 36.7. The fourth-order valence-electron chi connectivity index (χ4n) is 7.08. The van der Waals surface area contributed by atoms with Crippen LogP contribution in [0.25, 0.3) is 0 Å². The molecule has 41 heavy (non-hydrogen) atoms. The van der Waals surface area contributed by atoms with Gasteiger partial charge in [-0.3, -0.25) is 0 Å². The lowest BCUT2D eigenvalue weighted by atomic mass is 9.79. The maximum atomic E-state index is 7.56. The van der Waals surface area contributed by atoms with Crippen LogP contribution < -0.4 is 18.9 Å². The van der Waals surface area contributed by atoms with E-state index in [0.29, 0.717) is 46.2 Å². The van der Waals surface area contributed by atoms with Crippen LogP contribution >= 0.6 is 0 Å². The Balaban J connectivity index is 2.06. The molecule has 1 aliphatic rings. The number of hydrogen-bond donors (Lipinski definition) is 0. The minimum atomic E-state index is -2.23. The van der Waals surface area contributed by atoms with E-state index in [-0.39, 0.29) is 24.0 Å². The van der Waals surface area contributed by atoms with E-state index >= 15 is 0 Å². The average Bonchev–Trinajstić information content (AvgIpc) is 2.96. The van der Waals surface area contributed by atoms with E-state index in [1.165, 1.54) is 0 Å². The van der Waals surface area contributed by atoms with Crippen molar-refractivity contribution in [2.45, 2.75) is 83.2 Å². The van der Waals surface area contributed by atoms with Crippen molar-refractivity contribution in [3.63, 3.8) is 0 Å². The van der Waals surface area contributed by atoms with E-state index in [1.54, 1.807) is 28.4 Å². The van der Waals surface area contributed by atoms with Crippen LogP contribution in [0.3, 0.4) is 0 Å². The van der Waals surface area contributed by atoms with Crippen LogP contribution in [0.15, 0.2) is 49.1 Å². The van der Waals surface area contributed by atoms with Crippen molar-refractivity contribution in [2.24, 2.45) is 11.8 Å². The number of hydrogen-bond acceptors (Lipinski definition) is 6. The van der Waals surface area contributed by atoms with E-state index in [4.69, 9.17) is 28.1 Å². The monoisotopic (exact) mass is 584 g/mol. The fourth-order valence-corrected chi connectivity index (χ4v) is 12.7. The quantitative estimate of drug-likeness (QED) is 0.163. The summed E-state index contributed by atoms with van der Waals surface area (Å²) in [5, 5.41) is 0. The smallest absolute Gasteiger partial charge is 0.201 e. The van der Waals surface area contributed by atoms with Gasteiger partial charge >= 0.3 is 0 Å². The van der Waals surface area contributed by atoms with Gasteiger partial charge in [0.25, 0.3) is 0 Å². The molecule has 0 radical (unpaired) electrons. The van der Waals surface area contributed by atoms with Gasteiger partial charge in [-0.25, -0.2) is 0 Å². The maximum absolute atomic E-state index is 7.56. The fraction of sp³-hybridized carbons (Fsp3) is 0.588. The van der Waals surface area contributed by atoms with Gasteiger partial charge in [-0.1, -0.05) is 59.8 Å². The second-order valence-electron chi connectivity index (χ2n) is 12.1. The molecule has 1 saturated heterocycles. The molecule has 228 valence electrons. The first kappa shape index (κ1) is 33.0. The summed E-state index contributed by atoms with van der Waals surface area (Å²) in [5.74, 6) is 3.26. The average molecular weight is 585 g/mol. The van der Waals surface area contributed by atoms with Crippen molar-refractivity contribution in [2.75, 3.05) is 35.0 Å². The van der Waals surface area contributed by atoms with Crippen molar-refractivity contribution in [1.82, 2.24) is 0 Å². The van der Waals surface area contributed by atoms with Crippen LogP contribution in [0.4, 0.5) is 0 Å². The molecule has 1 fully saturated rings. The SMILES string of the molecule is C=CC[C@@H]1C[C@H]([C@H](O[Si](C(C)C)(C(C)C)C(C)C)c2ccc(OC)c(OC)c2)CO[C@@H]1c1ccc(OC)c(OC)c1. The molecule has 0 spiro atoms. The van der Waals surface area contributed by atoms with E-state index in [9.17, 15) is 0 Å². The van der Waals surface area contributed by atoms with Gasteiger partial charge in [0.05, 0.1) is 47.3 Å². The van der Waals surface area contributed by atoms with E-state index in [1.807, 2.05) is 24.3 Å². The van der Waals surface area contributed by atoms with Gasteiger partial charge in [0.2, 0.25) is 8.32 Å². The Hall–Kier alpha value is -2.48. The van der Waals surface area contributed by atoms with Crippen molar-refractivity contribution < 1.29 is 28.1 Å². The largest absolute Gasteiger partial charge is 0.493 e. The molecular formula is C34H52O6Si. The summed E-state index contributed by atoms with van der Waals surface area (Å²) in [6, 6.07) is 12.3. The van der Waals surface area contributed by atoms with Gasteiger partial charge in [0.1, 0.15) is 0 Å². The topological polar surface area (TPSA) is 55.4 Å². The number of allylic oxidation sites excluding steroid dienone is 1. The second-order valence-corrected chi connectivity index (χ2v) is 17.5. The Morgan fingerprint density at radius 2 is 1.34 bits per heavy atom. The molecule has 1 aliphatic heterocycles. The van der Waals surface area contributed by atoms with Gasteiger partial charge in [-0.05, 0) is 70.8 Å².